The smallest absolute Gasteiger partial charge is 0.0433 e. The lowest BCUT2D eigenvalue weighted by Crippen LogP contribution is -1.95. The lowest BCUT2D eigenvalue weighted by molar-refractivity contribution is 0.263. The highest BCUT2D eigenvalue weighted by Gasteiger charge is 1.95. The van der Waals surface area contributed by atoms with Crippen molar-refractivity contribution in [3.63, 3.8) is 0 Å². The molecule has 0 aromatic carbocycles. The van der Waals surface area contributed by atoms with Gasteiger partial charge in [-0.25, -0.2) is 0 Å². The fraction of sp³-hybridized carbons (Fsp3) is 0.625. The zero-order chi connectivity index (χ0) is 7.11. The van der Waals surface area contributed by atoms with Gasteiger partial charge in [0.25, 0.3) is 0 Å². The number of aliphatic hydroxyl groups is 1. The van der Waals surface area contributed by atoms with E-state index in [1.807, 2.05) is 6.08 Å². The van der Waals surface area contributed by atoms with Gasteiger partial charge in [-0.3, -0.25) is 0 Å². The average molecular weight is 126 g/mol. The second-order valence-electron chi connectivity index (χ2n) is 2.26. The monoisotopic (exact) mass is 126 g/mol. The van der Waals surface area contributed by atoms with Crippen molar-refractivity contribution in [2.24, 2.45) is 5.92 Å². The first-order valence-electron chi connectivity index (χ1n) is 3.26. The topological polar surface area (TPSA) is 20.2 Å². The van der Waals surface area contributed by atoms with Crippen molar-refractivity contribution in [3.8, 4) is 0 Å². The van der Waals surface area contributed by atoms with Crippen LogP contribution < -0.4 is 0 Å². The van der Waals surface area contributed by atoms with E-state index in [1.165, 1.54) is 0 Å². The molecule has 0 saturated heterocycles. The fourth-order valence-electron chi connectivity index (χ4n) is 0.623. The molecule has 0 fully saturated rings. The lowest BCUT2D eigenvalue weighted by Gasteiger charge is -2.02. The van der Waals surface area contributed by atoms with Crippen molar-refractivity contribution >= 4 is 0 Å². The molecule has 0 aromatic rings. The molecule has 9 heavy (non-hydrogen) atoms. The van der Waals surface area contributed by atoms with Crippen molar-refractivity contribution in [3.05, 3.63) is 18.4 Å². The summed E-state index contributed by atoms with van der Waals surface area (Å²) in [5.74, 6) is 0.559. The van der Waals surface area contributed by atoms with E-state index in [0.717, 1.165) is 12.8 Å². The zero-order valence-corrected chi connectivity index (χ0v) is 5.93. The maximum Gasteiger partial charge on any atom is 0.0433 e. The van der Waals surface area contributed by atoms with Crippen LogP contribution in [0.4, 0.5) is 0 Å². The summed E-state index contributed by atoms with van der Waals surface area (Å²) in [6.45, 7) is 5.83. The number of hydrogen-bond acceptors (Lipinski definition) is 1. The van der Waals surface area contributed by atoms with Gasteiger partial charge in [-0.2, -0.15) is 0 Å². The van der Waals surface area contributed by atoms with Crippen molar-refractivity contribution in [2.75, 3.05) is 6.61 Å². The van der Waals surface area contributed by atoms with Crippen molar-refractivity contribution in [2.45, 2.75) is 19.8 Å². The van der Waals surface area contributed by atoms with Gasteiger partial charge in [0.15, 0.2) is 0 Å². The van der Waals surface area contributed by atoms with Crippen molar-refractivity contribution in [1.82, 2.24) is 0 Å². The summed E-state index contributed by atoms with van der Waals surface area (Å²) in [6.07, 6.45) is 3.75. The second kappa shape index (κ2) is 5.61. The molecular formula is C8H14O. The first-order chi connectivity index (χ1) is 4.31. The molecule has 0 aliphatic heterocycles. The van der Waals surface area contributed by atoms with Crippen LogP contribution >= 0.6 is 0 Å². The maximum absolute atomic E-state index is 8.49. The predicted octanol–water partition coefficient (Wildman–Crippen LogP) is 1.74. The van der Waals surface area contributed by atoms with Crippen LogP contribution in [-0.2, 0) is 0 Å². The van der Waals surface area contributed by atoms with Crippen LogP contribution in [0.5, 0.6) is 0 Å². The van der Waals surface area contributed by atoms with E-state index in [4.69, 9.17) is 5.11 Å². The van der Waals surface area contributed by atoms with Gasteiger partial charge in [-0.15, -0.1) is 5.73 Å². The van der Waals surface area contributed by atoms with E-state index in [1.54, 1.807) is 0 Å². The Balaban J connectivity index is 3.25. The van der Waals surface area contributed by atoms with Crippen LogP contribution in [0, 0.1) is 5.92 Å². The molecule has 0 spiro atoms. The molecule has 0 saturated carbocycles. The SMILES string of the molecule is C=C=CCC(C)CCO. The Morgan fingerprint density at radius 2 is 2.44 bits per heavy atom. The predicted molar refractivity (Wildman–Crippen MR) is 39.2 cm³/mol. The summed E-state index contributed by atoms with van der Waals surface area (Å²) in [4.78, 5) is 0. The first kappa shape index (κ1) is 8.48. The summed E-state index contributed by atoms with van der Waals surface area (Å²) in [7, 11) is 0. The molecule has 0 aliphatic rings. The van der Waals surface area contributed by atoms with Crippen LogP contribution in [-0.4, -0.2) is 11.7 Å². The molecule has 0 bridgehead atoms. The highest BCUT2D eigenvalue weighted by Crippen LogP contribution is 2.05. The molecule has 1 atom stereocenters. The van der Waals surface area contributed by atoms with Crippen LogP contribution in [0.1, 0.15) is 19.8 Å². The van der Waals surface area contributed by atoms with E-state index in [2.05, 4.69) is 19.2 Å². The molecule has 0 aliphatic carbocycles. The Hall–Kier alpha value is -0.520. The highest BCUT2D eigenvalue weighted by atomic mass is 16.2. The van der Waals surface area contributed by atoms with E-state index in [9.17, 15) is 0 Å². The minimum absolute atomic E-state index is 0.284. The molecule has 1 N–H and O–H groups in total. The molecular weight excluding hydrogens is 112 g/mol. The average Bonchev–Trinajstić information content (AvgIpc) is 1.85. The Morgan fingerprint density at radius 3 is 2.89 bits per heavy atom. The van der Waals surface area contributed by atoms with E-state index >= 15 is 0 Å². The van der Waals surface area contributed by atoms with Gasteiger partial charge < -0.3 is 5.11 Å². The highest BCUT2D eigenvalue weighted by molar-refractivity contribution is 4.77. The quantitative estimate of drug-likeness (QED) is 0.569. The van der Waals surface area contributed by atoms with Crippen molar-refractivity contribution < 1.29 is 5.11 Å². The Labute approximate surface area is 56.7 Å². The third-order valence-corrected chi connectivity index (χ3v) is 1.29. The van der Waals surface area contributed by atoms with Gasteiger partial charge in [-0.05, 0) is 24.8 Å². The molecule has 0 radical (unpaired) electrons. The summed E-state index contributed by atoms with van der Waals surface area (Å²) in [5, 5.41) is 8.49. The van der Waals surface area contributed by atoms with Crippen LogP contribution in [0.15, 0.2) is 18.4 Å². The third-order valence-electron chi connectivity index (χ3n) is 1.29. The first-order valence-corrected chi connectivity index (χ1v) is 3.26. The summed E-state index contributed by atoms with van der Waals surface area (Å²) < 4.78 is 0. The summed E-state index contributed by atoms with van der Waals surface area (Å²) >= 11 is 0. The molecule has 52 valence electrons. The molecule has 1 heteroatoms. The standard InChI is InChI=1S/C8H14O/c1-3-4-5-8(2)6-7-9/h4,8-9H,1,5-7H2,2H3. The van der Waals surface area contributed by atoms with Crippen molar-refractivity contribution in [1.29, 1.82) is 0 Å². The largest absolute Gasteiger partial charge is 0.396 e. The molecule has 0 heterocycles. The minimum Gasteiger partial charge on any atom is -0.396 e. The molecule has 0 rings (SSSR count). The van der Waals surface area contributed by atoms with Crippen LogP contribution in [0.25, 0.3) is 0 Å². The van der Waals surface area contributed by atoms with Crippen LogP contribution in [0.3, 0.4) is 0 Å². The van der Waals surface area contributed by atoms with Gasteiger partial charge in [0.2, 0.25) is 0 Å². The number of hydrogen-bond donors (Lipinski definition) is 1. The molecule has 1 nitrogen and oxygen atoms in total. The number of rotatable bonds is 4. The minimum atomic E-state index is 0.284. The van der Waals surface area contributed by atoms with E-state index in [-0.39, 0.29) is 6.61 Å². The fourth-order valence-corrected chi connectivity index (χ4v) is 0.623. The zero-order valence-electron chi connectivity index (χ0n) is 5.93. The lowest BCUT2D eigenvalue weighted by atomic mass is 10.1. The van der Waals surface area contributed by atoms with Crippen LogP contribution in [0.2, 0.25) is 0 Å². The summed E-state index contributed by atoms with van der Waals surface area (Å²) in [5.41, 5.74) is 2.70. The Morgan fingerprint density at radius 1 is 1.78 bits per heavy atom. The molecule has 1 unspecified atom stereocenters. The number of aliphatic hydroxyl groups excluding tert-OH is 1. The second-order valence-corrected chi connectivity index (χ2v) is 2.26. The van der Waals surface area contributed by atoms with E-state index in [0.29, 0.717) is 5.92 Å². The van der Waals surface area contributed by atoms with Gasteiger partial charge >= 0.3 is 0 Å². The normalized spacial score (nSPS) is 12.2. The van der Waals surface area contributed by atoms with Gasteiger partial charge in [0, 0.05) is 6.61 Å². The Bertz CT molecular complexity index is 101. The Kier molecular flexibility index (Phi) is 5.29. The summed E-state index contributed by atoms with van der Waals surface area (Å²) in [6, 6.07) is 0. The number of allylic oxidation sites excluding steroid dienone is 1. The van der Waals surface area contributed by atoms with Gasteiger partial charge in [-0.1, -0.05) is 13.5 Å². The maximum atomic E-state index is 8.49. The third kappa shape index (κ3) is 5.35. The van der Waals surface area contributed by atoms with E-state index < -0.39 is 0 Å². The molecule has 0 amide bonds. The molecule has 0 aromatic heterocycles. The van der Waals surface area contributed by atoms with Gasteiger partial charge in [0.05, 0.1) is 0 Å². The van der Waals surface area contributed by atoms with Gasteiger partial charge in [0.1, 0.15) is 0 Å².